The van der Waals surface area contributed by atoms with Crippen LogP contribution in [0.15, 0.2) is 24.5 Å². The van der Waals surface area contributed by atoms with Crippen molar-refractivity contribution in [1.29, 1.82) is 0 Å². The Balaban J connectivity index is 1.88. The number of carbonyl (C=O) groups is 1. The van der Waals surface area contributed by atoms with Crippen LogP contribution in [0.25, 0.3) is 10.8 Å². The number of hydrogen-bond donors (Lipinski definition) is 0. The Hall–Kier alpha value is -2.02. The van der Waals surface area contributed by atoms with Crippen LogP contribution in [-0.2, 0) is 4.74 Å². The lowest BCUT2D eigenvalue weighted by Crippen LogP contribution is -2.51. The van der Waals surface area contributed by atoms with Crippen LogP contribution in [0.3, 0.4) is 0 Å². The van der Waals surface area contributed by atoms with Crippen molar-refractivity contribution in [1.82, 2.24) is 14.9 Å². The van der Waals surface area contributed by atoms with Gasteiger partial charge in [0, 0.05) is 29.7 Å². The summed E-state index contributed by atoms with van der Waals surface area (Å²) >= 11 is 5.93. The number of rotatable bonds is 1. The van der Waals surface area contributed by atoms with Crippen molar-refractivity contribution in [3.63, 3.8) is 0 Å². The lowest BCUT2D eigenvalue weighted by molar-refractivity contribution is -0.0854. The zero-order valence-corrected chi connectivity index (χ0v) is 15.6. The van der Waals surface area contributed by atoms with Gasteiger partial charge >= 0.3 is 6.09 Å². The summed E-state index contributed by atoms with van der Waals surface area (Å²) in [6.07, 6.45) is 2.38. The smallest absolute Gasteiger partial charge is 0.410 e. The summed E-state index contributed by atoms with van der Waals surface area (Å²) in [5.41, 5.74) is -0.454. The quantitative estimate of drug-likeness (QED) is 0.673. The minimum Gasteiger partial charge on any atom is -0.444 e. The average molecular weight is 384 g/mol. The number of likely N-dealkylation sites (tertiary alicyclic amines) is 1. The summed E-state index contributed by atoms with van der Waals surface area (Å²) in [6, 6.07) is 3.26. The van der Waals surface area contributed by atoms with Gasteiger partial charge in [0.2, 0.25) is 0 Å². The van der Waals surface area contributed by atoms with Crippen LogP contribution in [0, 0.1) is 0 Å². The molecule has 0 bridgehead atoms. The standard InChI is InChI=1S/C18H20ClF2N3O2/c1-17(2,3)26-16(25)24-7-5-13(18(20,21)10-24)15-12-8-14(19)23-9-11(12)4-6-22-15/h4,6,8-9,13H,5,7,10H2,1-3H3/t13-/m0/s1. The first-order chi connectivity index (χ1) is 12.1. The predicted octanol–water partition coefficient (Wildman–Crippen LogP) is 4.64. The SMILES string of the molecule is CC(C)(C)OC(=O)N1CC[C@@H](c2nccc3cnc(Cl)cc23)C(F)(F)C1. The van der Waals surface area contributed by atoms with Gasteiger partial charge in [0.1, 0.15) is 10.8 Å². The molecular weight excluding hydrogens is 364 g/mol. The lowest BCUT2D eigenvalue weighted by Gasteiger charge is -2.38. The normalized spacial score (nSPS) is 20.2. The third-order valence-electron chi connectivity index (χ3n) is 4.23. The Morgan fingerprint density at radius 2 is 2.12 bits per heavy atom. The van der Waals surface area contributed by atoms with Crippen LogP contribution in [0.1, 0.15) is 38.8 Å². The maximum Gasteiger partial charge on any atom is 0.410 e. The average Bonchev–Trinajstić information content (AvgIpc) is 2.52. The summed E-state index contributed by atoms with van der Waals surface area (Å²) < 4.78 is 35.0. The Labute approximate surface area is 155 Å². The molecule has 1 aliphatic heterocycles. The molecule has 1 atom stereocenters. The van der Waals surface area contributed by atoms with Gasteiger partial charge in [-0.3, -0.25) is 4.98 Å². The molecule has 1 aliphatic rings. The van der Waals surface area contributed by atoms with Crippen molar-refractivity contribution in [2.45, 2.75) is 44.6 Å². The highest BCUT2D eigenvalue weighted by Crippen LogP contribution is 2.42. The minimum atomic E-state index is -3.13. The second kappa shape index (κ2) is 6.61. The summed E-state index contributed by atoms with van der Waals surface area (Å²) in [7, 11) is 0. The molecule has 26 heavy (non-hydrogen) atoms. The fraction of sp³-hybridized carbons (Fsp3) is 0.500. The van der Waals surface area contributed by atoms with Gasteiger partial charge in [0.15, 0.2) is 0 Å². The maximum absolute atomic E-state index is 14.9. The second-order valence-corrected chi connectivity index (χ2v) is 7.82. The van der Waals surface area contributed by atoms with E-state index >= 15 is 0 Å². The summed E-state index contributed by atoms with van der Waals surface area (Å²) in [6.45, 7) is 4.57. The number of pyridine rings is 2. The zero-order valence-electron chi connectivity index (χ0n) is 14.8. The molecule has 0 aromatic carbocycles. The largest absolute Gasteiger partial charge is 0.444 e. The first kappa shape index (κ1) is 18.8. The highest BCUT2D eigenvalue weighted by atomic mass is 35.5. The van der Waals surface area contributed by atoms with Crippen molar-refractivity contribution in [3.8, 4) is 0 Å². The van der Waals surface area contributed by atoms with Gasteiger partial charge < -0.3 is 9.64 Å². The van der Waals surface area contributed by atoms with Gasteiger partial charge in [0.05, 0.1) is 18.2 Å². The number of nitrogens with zero attached hydrogens (tertiary/aromatic N) is 3. The van der Waals surface area contributed by atoms with Crippen molar-refractivity contribution in [2.24, 2.45) is 0 Å². The van der Waals surface area contributed by atoms with Crippen molar-refractivity contribution >= 4 is 28.5 Å². The number of alkyl halides is 2. The Morgan fingerprint density at radius 3 is 2.77 bits per heavy atom. The van der Waals surface area contributed by atoms with Crippen LogP contribution in [-0.4, -0.2) is 45.6 Å². The summed E-state index contributed by atoms with van der Waals surface area (Å²) in [5.74, 6) is -4.24. The Kier molecular flexibility index (Phi) is 4.77. The first-order valence-corrected chi connectivity index (χ1v) is 8.70. The van der Waals surface area contributed by atoms with Crippen molar-refractivity contribution in [2.75, 3.05) is 13.1 Å². The molecule has 0 unspecified atom stereocenters. The van der Waals surface area contributed by atoms with E-state index in [-0.39, 0.29) is 23.8 Å². The minimum absolute atomic E-state index is 0.0816. The monoisotopic (exact) mass is 383 g/mol. The van der Waals surface area contributed by atoms with Crippen molar-refractivity contribution in [3.05, 3.63) is 35.4 Å². The molecule has 0 N–H and O–H groups in total. The number of carbonyl (C=O) groups excluding carboxylic acids is 1. The summed E-state index contributed by atoms with van der Waals surface area (Å²) in [5, 5.41) is 1.48. The predicted molar refractivity (Wildman–Crippen MR) is 94.7 cm³/mol. The fourth-order valence-corrected chi connectivity index (χ4v) is 3.26. The number of aromatic nitrogens is 2. The fourth-order valence-electron chi connectivity index (χ4n) is 3.10. The molecule has 1 fully saturated rings. The van der Waals surface area contributed by atoms with Gasteiger partial charge in [-0.2, -0.15) is 0 Å². The van der Waals surface area contributed by atoms with Crippen LogP contribution in [0.5, 0.6) is 0 Å². The third-order valence-corrected chi connectivity index (χ3v) is 4.43. The second-order valence-electron chi connectivity index (χ2n) is 7.43. The molecule has 2 aromatic rings. The van der Waals surface area contributed by atoms with E-state index in [0.717, 1.165) is 4.90 Å². The number of piperidine rings is 1. The molecule has 2 aromatic heterocycles. The van der Waals surface area contributed by atoms with Crippen molar-refractivity contribution < 1.29 is 18.3 Å². The van der Waals surface area contributed by atoms with Gasteiger partial charge in [0.25, 0.3) is 5.92 Å². The van der Waals surface area contributed by atoms with E-state index in [1.165, 1.54) is 12.4 Å². The van der Waals surface area contributed by atoms with Crippen LogP contribution in [0.2, 0.25) is 5.15 Å². The molecule has 0 saturated carbocycles. The first-order valence-electron chi connectivity index (χ1n) is 8.33. The molecular formula is C18H20ClF2N3O2. The maximum atomic E-state index is 14.9. The molecule has 0 radical (unpaired) electrons. The molecule has 0 aliphatic carbocycles. The van der Waals surface area contributed by atoms with Gasteiger partial charge in [-0.1, -0.05) is 11.6 Å². The molecule has 1 saturated heterocycles. The van der Waals surface area contributed by atoms with Gasteiger partial charge in [-0.05, 0) is 39.3 Å². The van der Waals surface area contributed by atoms with Gasteiger partial charge in [-0.25, -0.2) is 18.6 Å². The number of ether oxygens (including phenoxy) is 1. The van der Waals surface area contributed by atoms with E-state index in [1.54, 1.807) is 32.9 Å². The number of halogens is 3. The van der Waals surface area contributed by atoms with E-state index in [4.69, 9.17) is 16.3 Å². The molecule has 3 heterocycles. The third kappa shape index (κ3) is 3.87. The topological polar surface area (TPSA) is 55.3 Å². The molecule has 5 nitrogen and oxygen atoms in total. The molecule has 1 amide bonds. The molecule has 3 rings (SSSR count). The van der Waals surface area contributed by atoms with Crippen LogP contribution in [0.4, 0.5) is 13.6 Å². The molecule has 0 spiro atoms. The van der Waals surface area contributed by atoms with Crippen LogP contribution >= 0.6 is 11.6 Å². The van der Waals surface area contributed by atoms with Gasteiger partial charge in [-0.15, -0.1) is 0 Å². The van der Waals surface area contributed by atoms with E-state index in [0.29, 0.717) is 10.8 Å². The number of hydrogen-bond acceptors (Lipinski definition) is 4. The summed E-state index contributed by atoms with van der Waals surface area (Å²) in [4.78, 5) is 21.4. The Morgan fingerprint density at radius 1 is 1.38 bits per heavy atom. The van der Waals surface area contributed by atoms with Crippen LogP contribution < -0.4 is 0 Å². The lowest BCUT2D eigenvalue weighted by atomic mass is 9.87. The molecule has 8 heteroatoms. The number of fused-ring (bicyclic) bond motifs is 1. The highest BCUT2D eigenvalue weighted by molar-refractivity contribution is 6.30. The Bertz CT molecular complexity index is 839. The van der Waals surface area contributed by atoms with E-state index < -0.39 is 30.1 Å². The zero-order chi connectivity index (χ0) is 19.1. The highest BCUT2D eigenvalue weighted by Gasteiger charge is 2.48. The molecule has 140 valence electrons. The van der Waals surface area contributed by atoms with E-state index in [2.05, 4.69) is 9.97 Å². The van der Waals surface area contributed by atoms with E-state index in [9.17, 15) is 13.6 Å². The number of amides is 1. The van der Waals surface area contributed by atoms with E-state index in [1.807, 2.05) is 0 Å².